The van der Waals surface area contributed by atoms with E-state index < -0.39 is 0 Å². The highest BCUT2D eigenvalue weighted by Gasteiger charge is 2.22. The Hall–Kier alpha value is -0.930. The van der Waals surface area contributed by atoms with Crippen LogP contribution >= 0.6 is 0 Å². The molecule has 2 rings (SSSR count). The zero-order chi connectivity index (χ0) is 13.0. The number of hydrogen-bond acceptors (Lipinski definition) is 3. The number of nitrogens with zero attached hydrogens (tertiary/aromatic N) is 2. The lowest BCUT2D eigenvalue weighted by Crippen LogP contribution is -2.42. The lowest BCUT2D eigenvalue weighted by molar-refractivity contribution is 0.178. The summed E-state index contributed by atoms with van der Waals surface area (Å²) in [5.41, 5.74) is 2.64. The molecule has 2 unspecified atom stereocenters. The van der Waals surface area contributed by atoms with Gasteiger partial charge in [-0.1, -0.05) is 0 Å². The molecule has 1 aliphatic heterocycles. The second-order valence-electron chi connectivity index (χ2n) is 5.64. The van der Waals surface area contributed by atoms with Crippen molar-refractivity contribution in [3.05, 3.63) is 29.6 Å². The molecule has 1 aromatic heterocycles. The van der Waals surface area contributed by atoms with Crippen molar-refractivity contribution in [3.63, 3.8) is 0 Å². The van der Waals surface area contributed by atoms with Crippen molar-refractivity contribution >= 4 is 0 Å². The Kier molecular flexibility index (Phi) is 4.72. The van der Waals surface area contributed by atoms with Crippen molar-refractivity contribution in [3.8, 4) is 0 Å². The third-order valence-corrected chi connectivity index (χ3v) is 4.13. The van der Waals surface area contributed by atoms with Crippen molar-refractivity contribution in [2.24, 2.45) is 5.92 Å². The molecular weight excluding hydrogens is 222 g/mol. The van der Waals surface area contributed by atoms with E-state index in [2.05, 4.69) is 42.2 Å². The van der Waals surface area contributed by atoms with Crippen molar-refractivity contribution in [2.75, 3.05) is 20.1 Å². The van der Waals surface area contributed by atoms with Gasteiger partial charge in [-0.05, 0) is 63.4 Å². The predicted octanol–water partition coefficient (Wildman–Crippen LogP) is 2.21. The first-order chi connectivity index (χ1) is 8.66. The third-order valence-electron chi connectivity index (χ3n) is 4.13. The van der Waals surface area contributed by atoms with Gasteiger partial charge in [-0.3, -0.25) is 4.98 Å². The minimum absolute atomic E-state index is 0.576. The average Bonchev–Trinajstić information content (AvgIpc) is 2.37. The molecule has 1 N–H and O–H groups in total. The molecule has 18 heavy (non-hydrogen) atoms. The van der Waals surface area contributed by atoms with E-state index in [-0.39, 0.29) is 0 Å². The summed E-state index contributed by atoms with van der Waals surface area (Å²) in [6.07, 6.45) is 6.52. The molecule has 100 valence electrons. The SMILES string of the molecule is Cc1ccncc1CNC(C)C1CCCN(C)C1. The summed E-state index contributed by atoms with van der Waals surface area (Å²) in [4.78, 5) is 6.65. The number of piperidine rings is 1. The largest absolute Gasteiger partial charge is 0.310 e. The molecule has 0 aromatic carbocycles. The Morgan fingerprint density at radius 1 is 1.56 bits per heavy atom. The minimum atomic E-state index is 0.576. The highest BCUT2D eigenvalue weighted by Crippen LogP contribution is 2.19. The summed E-state index contributed by atoms with van der Waals surface area (Å²) in [6.45, 7) is 7.87. The Morgan fingerprint density at radius 3 is 3.11 bits per heavy atom. The molecule has 3 heteroatoms. The van der Waals surface area contributed by atoms with Gasteiger partial charge < -0.3 is 10.2 Å². The zero-order valence-corrected chi connectivity index (χ0v) is 11.8. The van der Waals surface area contributed by atoms with Gasteiger partial charge in [-0.15, -0.1) is 0 Å². The Balaban J connectivity index is 1.84. The van der Waals surface area contributed by atoms with Gasteiger partial charge in [0.05, 0.1) is 0 Å². The fraction of sp³-hybridized carbons (Fsp3) is 0.667. The van der Waals surface area contributed by atoms with Crippen LogP contribution in [-0.4, -0.2) is 36.1 Å². The van der Waals surface area contributed by atoms with Gasteiger partial charge in [0, 0.05) is 31.5 Å². The number of hydrogen-bond donors (Lipinski definition) is 1. The van der Waals surface area contributed by atoms with Crippen LogP contribution in [0.15, 0.2) is 18.5 Å². The zero-order valence-electron chi connectivity index (χ0n) is 11.8. The van der Waals surface area contributed by atoms with E-state index in [0.717, 1.165) is 12.5 Å². The average molecular weight is 247 g/mol. The molecule has 1 aromatic rings. The van der Waals surface area contributed by atoms with E-state index in [1.807, 2.05) is 12.4 Å². The minimum Gasteiger partial charge on any atom is -0.310 e. The van der Waals surface area contributed by atoms with Crippen LogP contribution in [-0.2, 0) is 6.54 Å². The number of nitrogens with one attached hydrogen (secondary N) is 1. The second-order valence-corrected chi connectivity index (χ2v) is 5.64. The van der Waals surface area contributed by atoms with E-state index in [4.69, 9.17) is 0 Å². The van der Waals surface area contributed by atoms with Gasteiger partial charge >= 0.3 is 0 Å². The predicted molar refractivity (Wildman–Crippen MR) is 75.5 cm³/mol. The van der Waals surface area contributed by atoms with Gasteiger partial charge in [0.15, 0.2) is 0 Å². The molecule has 2 atom stereocenters. The summed E-state index contributed by atoms with van der Waals surface area (Å²) in [7, 11) is 2.23. The molecule has 1 aliphatic rings. The molecule has 2 heterocycles. The van der Waals surface area contributed by atoms with E-state index >= 15 is 0 Å². The van der Waals surface area contributed by atoms with Crippen LogP contribution in [0.5, 0.6) is 0 Å². The molecule has 0 radical (unpaired) electrons. The van der Waals surface area contributed by atoms with E-state index in [9.17, 15) is 0 Å². The maximum absolute atomic E-state index is 4.20. The van der Waals surface area contributed by atoms with Crippen LogP contribution in [0.2, 0.25) is 0 Å². The van der Waals surface area contributed by atoms with Crippen LogP contribution in [0.25, 0.3) is 0 Å². The molecule has 0 bridgehead atoms. The summed E-state index contributed by atoms with van der Waals surface area (Å²) in [6, 6.07) is 2.66. The summed E-state index contributed by atoms with van der Waals surface area (Å²) < 4.78 is 0. The Labute approximate surface area is 111 Å². The summed E-state index contributed by atoms with van der Waals surface area (Å²) in [5, 5.41) is 3.66. The molecule has 3 nitrogen and oxygen atoms in total. The standard InChI is InChI=1S/C15H25N3/c1-12-6-7-16-9-15(12)10-17-13(2)14-5-4-8-18(3)11-14/h6-7,9,13-14,17H,4-5,8,10-11H2,1-3H3. The number of aryl methyl sites for hydroxylation is 1. The number of likely N-dealkylation sites (tertiary alicyclic amines) is 1. The maximum Gasteiger partial charge on any atom is 0.0315 e. The highest BCUT2D eigenvalue weighted by molar-refractivity contribution is 5.21. The Bertz CT molecular complexity index is 378. The molecule has 0 saturated carbocycles. The maximum atomic E-state index is 4.20. The molecule has 1 saturated heterocycles. The van der Waals surface area contributed by atoms with E-state index in [1.54, 1.807) is 0 Å². The summed E-state index contributed by atoms with van der Waals surface area (Å²) >= 11 is 0. The molecule has 0 amide bonds. The second kappa shape index (κ2) is 6.30. The number of rotatable bonds is 4. The topological polar surface area (TPSA) is 28.2 Å². The van der Waals surface area contributed by atoms with E-state index in [0.29, 0.717) is 6.04 Å². The van der Waals surface area contributed by atoms with Crippen LogP contribution in [0.4, 0.5) is 0 Å². The van der Waals surface area contributed by atoms with Gasteiger partial charge in [0.1, 0.15) is 0 Å². The smallest absolute Gasteiger partial charge is 0.0315 e. The van der Waals surface area contributed by atoms with Gasteiger partial charge in [0.2, 0.25) is 0 Å². The lowest BCUT2D eigenvalue weighted by atomic mass is 9.92. The van der Waals surface area contributed by atoms with Crippen molar-refractivity contribution in [1.29, 1.82) is 0 Å². The van der Waals surface area contributed by atoms with Gasteiger partial charge in [-0.2, -0.15) is 0 Å². The lowest BCUT2D eigenvalue weighted by Gasteiger charge is -2.34. The molecule has 1 fully saturated rings. The van der Waals surface area contributed by atoms with E-state index in [1.165, 1.54) is 37.1 Å². The fourth-order valence-corrected chi connectivity index (χ4v) is 2.73. The van der Waals surface area contributed by atoms with Crippen LogP contribution < -0.4 is 5.32 Å². The normalized spacial score (nSPS) is 22.9. The van der Waals surface area contributed by atoms with Crippen molar-refractivity contribution in [1.82, 2.24) is 15.2 Å². The first kappa shape index (κ1) is 13.5. The van der Waals surface area contributed by atoms with Gasteiger partial charge in [0.25, 0.3) is 0 Å². The monoisotopic (exact) mass is 247 g/mol. The molecular formula is C15H25N3. The first-order valence-corrected chi connectivity index (χ1v) is 6.98. The first-order valence-electron chi connectivity index (χ1n) is 6.98. The third kappa shape index (κ3) is 3.53. The highest BCUT2D eigenvalue weighted by atomic mass is 15.1. The molecule has 0 aliphatic carbocycles. The fourth-order valence-electron chi connectivity index (χ4n) is 2.73. The Morgan fingerprint density at radius 2 is 2.39 bits per heavy atom. The summed E-state index contributed by atoms with van der Waals surface area (Å²) in [5.74, 6) is 0.778. The molecule has 0 spiro atoms. The van der Waals surface area contributed by atoms with Crippen LogP contribution in [0.3, 0.4) is 0 Å². The van der Waals surface area contributed by atoms with Gasteiger partial charge in [-0.25, -0.2) is 0 Å². The quantitative estimate of drug-likeness (QED) is 0.884. The van der Waals surface area contributed by atoms with Crippen molar-refractivity contribution < 1.29 is 0 Å². The van der Waals surface area contributed by atoms with Crippen LogP contribution in [0, 0.1) is 12.8 Å². The number of aromatic nitrogens is 1. The van der Waals surface area contributed by atoms with Crippen molar-refractivity contribution in [2.45, 2.75) is 39.3 Å². The van der Waals surface area contributed by atoms with Crippen LogP contribution in [0.1, 0.15) is 30.9 Å². The number of pyridine rings is 1.